The van der Waals surface area contributed by atoms with Gasteiger partial charge in [0.05, 0.1) is 5.92 Å². The highest BCUT2D eigenvalue weighted by molar-refractivity contribution is 5.79. The lowest BCUT2D eigenvalue weighted by atomic mass is 9.90. The molecule has 1 amide bonds. The van der Waals surface area contributed by atoms with E-state index in [-0.39, 0.29) is 29.8 Å². The second kappa shape index (κ2) is 7.62. The normalized spacial score (nSPS) is 26.1. The molecule has 3 N–H and O–H groups in total. The Morgan fingerprint density at radius 3 is 2.50 bits per heavy atom. The summed E-state index contributed by atoms with van der Waals surface area (Å²) in [6, 6.07) is 0.204. The molecule has 0 aromatic carbocycles. The predicted molar refractivity (Wildman–Crippen MR) is 78.2 cm³/mol. The van der Waals surface area contributed by atoms with Crippen LogP contribution in [0.1, 0.15) is 52.9 Å². The largest absolute Gasteiger partial charge is 0.481 e. The summed E-state index contributed by atoms with van der Waals surface area (Å²) >= 11 is 0. The van der Waals surface area contributed by atoms with Crippen LogP contribution >= 0.6 is 0 Å². The Bertz CT molecular complexity index is 344. The molecule has 0 bridgehead atoms. The van der Waals surface area contributed by atoms with Gasteiger partial charge in [-0.1, -0.05) is 13.3 Å². The summed E-state index contributed by atoms with van der Waals surface area (Å²) in [5, 5.41) is 9.04. The molecule has 0 aliphatic carbocycles. The Morgan fingerprint density at radius 2 is 2.00 bits per heavy atom. The van der Waals surface area contributed by atoms with Crippen molar-refractivity contribution in [1.29, 1.82) is 0 Å². The monoisotopic (exact) mass is 284 g/mol. The van der Waals surface area contributed by atoms with E-state index in [2.05, 4.69) is 0 Å². The molecular weight excluding hydrogens is 256 g/mol. The fraction of sp³-hybridized carbons (Fsp3) is 0.867. The van der Waals surface area contributed by atoms with Crippen molar-refractivity contribution in [3.63, 3.8) is 0 Å². The molecule has 20 heavy (non-hydrogen) atoms. The second-order valence-electron chi connectivity index (χ2n) is 6.25. The molecule has 1 rings (SSSR count). The van der Waals surface area contributed by atoms with Gasteiger partial charge in [0.2, 0.25) is 5.91 Å². The minimum absolute atomic E-state index is 0.00224. The van der Waals surface area contributed by atoms with E-state index < -0.39 is 5.97 Å². The molecule has 1 saturated heterocycles. The third-order valence-corrected chi connectivity index (χ3v) is 4.23. The number of carboxylic acid groups (broad SMARTS) is 1. The highest BCUT2D eigenvalue weighted by Gasteiger charge is 2.33. The highest BCUT2D eigenvalue weighted by atomic mass is 16.4. The number of carbonyl (C=O) groups is 2. The Labute approximate surface area is 121 Å². The van der Waals surface area contributed by atoms with Gasteiger partial charge in [0, 0.05) is 24.5 Å². The van der Waals surface area contributed by atoms with E-state index >= 15 is 0 Å². The zero-order chi connectivity index (χ0) is 15.3. The third kappa shape index (κ3) is 4.78. The van der Waals surface area contributed by atoms with Gasteiger partial charge in [-0.05, 0) is 39.5 Å². The second-order valence-corrected chi connectivity index (χ2v) is 6.25. The molecular formula is C15H28N2O3. The first-order valence-electron chi connectivity index (χ1n) is 7.61. The predicted octanol–water partition coefficient (Wildman–Crippen LogP) is 1.85. The van der Waals surface area contributed by atoms with Crippen molar-refractivity contribution < 1.29 is 14.7 Å². The van der Waals surface area contributed by atoms with Gasteiger partial charge in [0.15, 0.2) is 0 Å². The van der Waals surface area contributed by atoms with Gasteiger partial charge in [-0.15, -0.1) is 0 Å². The van der Waals surface area contributed by atoms with E-state index in [1.807, 2.05) is 25.7 Å². The van der Waals surface area contributed by atoms with Gasteiger partial charge in [-0.2, -0.15) is 0 Å². The Morgan fingerprint density at radius 1 is 1.35 bits per heavy atom. The van der Waals surface area contributed by atoms with Crippen molar-refractivity contribution in [2.45, 2.75) is 65.0 Å². The molecule has 5 heteroatoms. The van der Waals surface area contributed by atoms with Crippen LogP contribution in [0.2, 0.25) is 0 Å². The zero-order valence-electron chi connectivity index (χ0n) is 12.8. The Balaban J connectivity index is 2.45. The van der Waals surface area contributed by atoms with Crippen LogP contribution in [0.3, 0.4) is 0 Å². The SMILES string of the molecule is CC(N)CCCC(C)C(=O)N1CCC(C(=O)O)CC1C. The average Bonchev–Trinajstić information content (AvgIpc) is 2.37. The summed E-state index contributed by atoms with van der Waals surface area (Å²) in [6.07, 6.45) is 3.89. The minimum Gasteiger partial charge on any atom is -0.481 e. The third-order valence-electron chi connectivity index (χ3n) is 4.23. The zero-order valence-corrected chi connectivity index (χ0v) is 12.8. The van der Waals surface area contributed by atoms with E-state index in [1.54, 1.807) is 0 Å². The Hall–Kier alpha value is -1.10. The van der Waals surface area contributed by atoms with E-state index in [4.69, 9.17) is 10.8 Å². The summed E-state index contributed by atoms with van der Waals surface area (Å²) in [6.45, 7) is 6.45. The maximum Gasteiger partial charge on any atom is 0.306 e. The Kier molecular flexibility index (Phi) is 6.46. The van der Waals surface area contributed by atoms with Gasteiger partial charge >= 0.3 is 5.97 Å². The van der Waals surface area contributed by atoms with Crippen LogP contribution in [0.5, 0.6) is 0 Å². The number of piperidine rings is 1. The van der Waals surface area contributed by atoms with Crippen LogP contribution in [0, 0.1) is 11.8 Å². The topological polar surface area (TPSA) is 83.6 Å². The summed E-state index contributed by atoms with van der Waals surface area (Å²) in [4.78, 5) is 25.3. The first-order chi connectivity index (χ1) is 9.32. The fourth-order valence-corrected chi connectivity index (χ4v) is 2.88. The summed E-state index contributed by atoms with van der Waals surface area (Å²) in [5.74, 6) is -0.889. The van der Waals surface area contributed by atoms with Crippen LogP contribution < -0.4 is 5.73 Å². The smallest absolute Gasteiger partial charge is 0.306 e. The van der Waals surface area contributed by atoms with Gasteiger partial charge < -0.3 is 15.7 Å². The lowest BCUT2D eigenvalue weighted by Gasteiger charge is -2.37. The number of nitrogens with zero attached hydrogens (tertiary/aromatic N) is 1. The number of carbonyl (C=O) groups excluding carboxylic acids is 1. The number of aliphatic carboxylic acids is 1. The van der Waals surface area contributed by atoms with Gasteiger partial charge in [0.1, 0.15) is 0 Å². The van der Waals surface area contributed by atoms with Crippen LogP contribution in [0.4, 0.5) is 0 Å². The molecule has 5 nitrogen and oxygen atoms in total. The lowest BCUT2D eigenvalue weighted by Crippen LogP contribution is -2.47. The molecule has 1 aliphatic rings. The van der Waals surface area contributed by atoms with Crippen molar-refractivity contribution in [3.05, 3.63) is 0 Å². The minimum atomic E-state index is -0.742. The summed E-state index contributed by atoms with van der Waals surface area (Å²) in [5.41, 5.74) is 5.71. The van der Waals surface area contributed by atoms with E-state index in [0.29, 0.717) is 19.4 Å². The number of rotatable bonds is 6. The number of hydrogen-bond donors (Lipinski definition) is 2. The van der Waals surface area contributed by atoms with Crippen molar-refractivity contribution in [2.24, 2.45) is 17.6 Å². The number of carboxylic acids is 1. The average molecular weight is 284 g/mol. The molecule has 4 unspecified atom stereocenters. The molecule has 0 radical (unpaired) electrons. The van der Waals surface area contributed by atoms with Gasteiger partial charge in [-0.25, -0.2) is 0 Å². The lowest BCUT2D eigenvalue weighted by molar-refractivity contribution is -0.148. The number of hydrogen-bond acceptors (Lipinski definition) is 3. The van der Waals surface area contributed by atoms with E-state index in [9.17, 15) is 9.59 Å². The molecule has 116 valence electrons. The van der Waals surface area contributed by atoms with Crippen LogP contribution in [-0.2, 0) is 9.59 Å². The quantitative estimate of drug-likeness (QED) is 0.779. The van der Waals surface area contributed by atoms with Gasteiger partial charge in [-0.3, -0.25) is 9.59 Å². The molecule has 1 aliphatic heterocycles. The van der Waals surface area contributed by atoms with Crippen molar-refractivity contribution >= 4 is 11.9 Å². The molecule has 1 fully saturated rings. The maximum absolute atomic E-state index is 12.4. The fourth-order valence-electron chi connectivity index (χ4n) is 2.88. The van der Waals surface area contributed by atoms with Crippen molar-refractivity contribution in [3.8, 4) is 0 Å². The molecule has 0 aromatic rings. The molecule has 0 saturated carbocycles. The first-order valence-corrected chi connectivity index (χ1v) is 7.61. The van der Waals surface area contributed by atoms with Crippen LogP contribution in [-0.4, -0.2) is 40.5 Å². The highest BCUT2D eigenvalue weighted by Crippen LogP contribution is 2.25. The molecule has 0 spiro atoms. The summed E-state index contributed by atoms with van der Waals surface area (Å²) < 4.78 is 0. The van der Waals surface area contributed by atoms with Crippen molar-refractivity contribution in [1.82, 2.24) is 4.90 Å². The number of nitrogens with two attached hydrogens (primary N) is 1. The van der Waals surface area contributed by atoms with Crippen LogP contribution in [0.25, 0.3) is 0 Å². The van der Waals surface area contributed by atoms with E-state index in [0.717, 1.165) is 19.3 Å². The number of likely N-dealkylation sites (tertiary alicyclic amines) is 1. The molecule has 1 heterocycles. The molecule has 4 atom stereocenters. The maximum atomic E-state index is 12.4. The summed E-state index contributed by atoms with van der Waals surface area (Å²) in [7, 11) is 0. The van der Waals surface area contributed by atoms with Crippen molar-refractivity contribution in [2.75, 3.05) is 6.54 Å². The molecule has 0 aromatic heterocycles. The standard InChI is InChI=1S/C15H28N2O3/c1-10(5-4-6-11(2)16)14(18)17-8-7-13(15(19)20)9-12(17)3/h10-13H,4-9,16H2,1-3H3,(H,19,20). The van der Waals surface area contributed by atoms with E-state index in [1.165, 1.54) is 0 Å². The van der Waals surface area contributed by atoms with Crippen LogP contribution in [0.15, 0.2) is 0 Å². The number of amides is 1. The van der Waals surface area contributed by atoms with Gasteiger partial charge in [0.25, 0.3) is 0 Å². The first kappa shape index (κ1) is 17.0.